The van der Waals surface area contributed by atoms with Crippen LogP contribution in [0, 0.1) is 40.4 Å². The minimum atomic E-state index is -1.45. The molecule has 0 aromatic carbocycles. The molecule has 1 nitrogen and oxygen atoms in total. The smallest absolute Gasteiger partial charge is 0.184 e. The van der Waals surface area contributed by atoms with E-state index in [0.717, 1.165) is 29.6 Å². The lowest BCUT2D eigenvalue weighted by molar-refractivity contribution is -0.0560. The molecule has 8 atom stereocenters. The van der Waals surface area contributed by atoms with Crippen molar-refractivity contribution in [3.8, 4) is 0 Å². The van der Waals surface area contributed by atoms with Gasteiger partial charge in [0.2, 0.25) is 0 Å². The summed E-state index contributed by atoms with van der Waals surface area (Å²) in [4.78, 5) is 0. The van der Waals surface area contributed by atoms with Crippen LogP contribution in [0.1, 0.15) is 98.8 Å². The van der Waals surface area contributed by atoms with Crippen molar-refractivity contribution in [3.63, 3.8) is 0 Å². The highest BCUT2D eigenvalue weighted by Gasteiger charge is 2.59. The van der Waals surface area contributed by atoms with E-state index in [4.69, 9.17) is 4.43 Å². The molecule has 32 heavy (non-hydrogen) atoms. The maximum Gasteiger partial charge on any atom is 0.184 e. The molecule has 4 aliphatic rings. The van der Waals surface area contributed by atoms with Gasteiger partial charge < -0.3 is 4.43 Å². The largest absolute Gasteiger partial charge is 0.414 e. The minimum Gasteiger partial charge on any atom is -0.414 e. The van der Waals surface area contributed by atoms with Gasteiger partial charge in [-0.1, -0.05) is 44.1 Å². The SMILES string of the molecule is CC(C)=CCC[C@@H](C)[C@H]1CC[C@H]2[C@@H]3CC=C4CC(O[Si](C)(C)C)CC[C@]4(C)[C@H]3CC[C@]12C. The third kappa shape index (κ3) is 4.61. The maximum absolute atomic E-state index is 6.58. The van der Waals surface area contributed by atoms with Crippen molar-refractivity contribution >= 4 is 8.32 Å². The van der Waals surface area contributed by atoms with Gasteiger partial charge >= 0.3 is 0 Å². The van der Waals surface area contributed by atoms with Crippen molar-refractivity contribution in [2.45, 2.75) is 125 Å². The predicted molar refractivity (Wildman–Crippen MR) is 141 cm³/mol. The van der Waals surface area contributed by atoms with E-state index in [0.29, 0.717) is 16.9 Å². The summed E-state index contributed by atoms with van der Waals surface area (Å²) in [5.41, 5.74) is 4.31. The van der Waals surface area contributed by atoms with Gasteiger partial charge in [0.1, 0.15) is 0 Å². The molecule has 4 aliphatic carbocycles. The molecule has 0 bridgehead atoms. The summed E-state index contributed by atoms with van der Waals surface area (Å²) < 4.78 is 6.58. The number of hydrogen-bond acceptors (Lipinski definition) is 1. The van der Waals surface area contributed by atoms with Crippen LogP contribution in [0.5, 0.6) is 0 Å². The molecule has 0 aromatic rings. The van der Waals surface area contributed by atoms with E-state index in [2.05, 4.69) is 66.4 Å². The topological polar surface area (TPSA) is 9.23 Å². The third-order valence-corrected chi connectivity index (χ3v) is 11.6. The fraction of sp³-hybridized carbons (Fsp3) is 0.867. The molecule has 182 valence electrons. The van der Waals surface area contributed by atoms with Crippen LogP contribution in [0.15, 0.2) is 23.3 Å². The Labute approximate surface area is 201 Å². The molecule has 0 aromatic heterocycles. The molecule has 0 aliphatic heterocycles. The van der Waals surface area contributed by atoms with E-state index in [1.807, 2.05) is 0 Å². The molecule has 2 heteroatoms. The summed E-state index contributed by atoms with van der Waals surface area (Å²) in [5, 5.41) is 0. The molecule has 0 amide bonds. The van der Waals surface area contributed by atoms with Crippen molar-refractivity contribution in [2.24, 2.45) is 40.4 Å². The van der Waals surface area contributed by atoms with E-state index in [-0.39, 0.29) is 0 Å². The highest BCUT2D eigenvalue weighted by atomic mass is 28.4. The van der Waals surface area contributed by atoms with Gasteiger partial charge in [0.05, 0.1) is 0 Å². The Balaban J connectivity index is 1.48. The van der Waals surface area contributed by atoms with Gasteiger partial charge in [0.25, 0.3) is 0 Å². The molecule has 1 unspecified atom stereocenters. The molecule has 0 spiro atoms. The highest BCUT2D eigenvalue weighted by molar-refractivity contribution is 6.69. The van der Waals surface area contributed by atoms with Gasteiger partial charge in [-0.25, -0.2) is 0 Å². The molecular weight excluding hydrogens is 404 g/mol. The first kappa shape index (κ1) is 24.8. The van der Waals surface area contributed by atoms with Crippen LogP contribution >= 0.6 is 0 Å². The van der Waals surface area contributed by atoms with Gasteiger partial charge in [0, 0.05) is 6.10 Å². The first-order valence-electron chi connectivity index (χ1n) is 13.9. The van der Waals surface area contributed by atoms with Crippen LogP contribution in [0.4, 0.5) is 0 Å². The summed E-state index contributed by atoms with van der Waals surface area (Å²) in [6, 6.07) is 0. The lowest BCUT2D eigenvalue weighted by atomic mass is 9.47. The van der Waals surface area contributed by atoms with E-state index in [1.165, 1.54) is 69.8 Å². The average molecular weight is 457 g/mol. The van der Waals surface area contributed by atoms with E-state index < -0.39 is 8.32 Å². The summed E-state index contributed by atoms with van der Waals surface area (Å²) in [7, 11) is -1.45. The summed E-state index contributed by atoms with van der Waals surface area (Å²) in [6.07, 6.45) is 19.5. The van der Waals surface area contributed by atoms with Crippen LogP contribution in [-0.2, 0) is 4.43 Å². The Morgan fingerprint density at radius 2 is 1.84 bits per heavy atom. The number of hydrogen-bond donors (Lipinski definition) is 0. The molecule has 0 saturated heterocycles. The fourth-order valence-electron chi connectivity index (χ4n) is 9.04. The Morgan fingerprint density at radius 1 is 1.09 bits per heavy atom. The molecule has 3 fully saturated rings. The quantitative estimate of drug-likeness (QED) is 0.286. The monoisotopic (exact) mass is 456 g/mol. The molecule has 3 saturated carbocycles. The first-order chi connectivity index (χ1) is 14.9. The Bertz CT molecular complexity index is 740. The summed E-state index contributed by atoms with van der Waals surface area (Å²) in [5.74, 6) is 4.64. The van der Waals surface area contributed by atoms with Gasteiger partial charge in [-0.3, -0.25) is 0 Å². The molecule has 0 N–H and O–H groups in total. The molecule has 4 rings (SSSR count). The fourth-order valence-corrected chi connectivity index (χ4v) is 10.2. The average Bonchev–Trinajstić information content (AvgIpc) is 3.04. The lowest BCUT2D eigenvalue weighted by Gasteiger charge is -2.58. The van der Waals surface area contributed by atoms with Crippen LogP contribution in [0.25, 0.3) is 0 Å². The normalized spacial score (nSPS) is 42.4. The zero-order valence-electron chi connectivity index (χ0n) is 22.6. The van der Waals surface area contributed by atoms with Gasteiger partial charge in [0.15, 0.2) is 8.32 Å². The molecule has 0 radical (unpaired) electrons. The maximum atomic E-state index is 6.58. The predicted octanol–water partition coefficient (Wildman–Crippen LogP) is 9.17. The highest BCUT2D eigenvalue weighted by Crippen LogP contribution is 2.67. The van der Waals surface area contributed by atoms with Crippen molar-refractivity contribution in [3.05, 3.63) is 23.3 Å². The van der Waals surface area contributed by atoms with Crippen molar-refractivity contribution in [2.75, 3.05) is 0 Å². The second-order valence-corrected chi connectivity index (χ2v) is 18.4. The van der Waals surface area contributed by atoms with Crippen molar-refractivity contribution in [1.82, 2.24) is 0 Å². The number of allylic oxidation sites excluding steroid dienone is 3. The Morgan fingerprint density at radius 3 is 2.53 bits per heavy atom. The van der Waals surface area contributed by atoms with Gasteiger partial charge in [-0.2, -0.15) is 0 Å². The number of rotatable bonds is 6. The lowest BCUT2D eigenvalue weighted by Crippen LogP contribution is -2.51. The standard InChI is InChI=1S/C30H52OSi/c1-21(2)10-9-11-22(3)26-14-15-27-25-13-12-23-20-24(31-32(6,7)8)16-18-29(23,4)28(25)17-19-30(26,27)5/h10,12,22,24-28H,9,11,13-20H2,1-8H3/t22-,24?,25+,26-,27+,28+,29+,30-/m1/s1. The van der Waals surface area contributed by atoms with E-state index in [1.54, 1.807) is 5.57 Å². The summed E-state index contributed by atoms with van der Waals surface area (Å²) >= 11 is 0. The molecular formula is C30H52OSi. The second-order valence-electron chi connectivity index (χ2n) is 13.9. The zero-order valence-corrected chi connectivity index (χ0v) is 23.6. The van der Waals surface area contributed by atoms with Crippen LogP contribution in [0.2, 0.25) is 19.6 Å². The molecule has 0 heterocycles. The third-order valence-electron chi connectivity index (χ3n) is 10.5. The minimum absolute atomic E-state index is 0.455. The second kappa shape index (κ2) is 9.03. The Kier molecular flexibility index (Phi) is 6.99. The van der Waals surface area contributed by atoms with Crippen LogP contribution in [-0.4, -0.2) is 14.4 Å². The van der Waals surface area contributed by atoms with Crippen molar-refractivity contribution < 1.29 is 4.43 Å². The van der Waals surface area contributed by atoms with E-state index in [9.17, 15) is 0 Å². The Hall–Kier alpha value is -0.343. The van der Waals surface area contributed by atoms with E-state index >= 15 is 0 Å². The number of fused-ring (bicyclic) bond motifs is 5. The van der Waals surface area contributed by atoms with Crippen LogP contribution in [0.3, 0.4) is 0 Å². The van der Waals surface area contributed by atoms with Crippen LogP contribution < -0.4 is 0 Å². The first-order valence-corrected chi connectivity index (χ1v) is 17.4. The van der Waals surface area contributed by atoms with Crippen molar-refractivity contribution in [1.29, 1.82) is 0 Å². The van der Waals surface area contributed by atoms with Gasteiger partial charge in [-0.15, -0.1) is 0 Å². The zero-order chi connectivity index (χ0) is 23.3. The van der Waals surface area contributed by atoms with Gasteiger partial charge in [-0.05, 0) is 138 Å². The summed E-state index contributed by atoms with van der Waals surface area (Å²) in [6.45, 7) is 19.5.